The Hall–Kier alpha value is -2.21. The molecule has 2 aromatic carbocycles. The first-order chi connectivity index (χ1) is 12.6. The van der Waals surface area contributed by atoms with Gasteiger partial charge in [-0.3, -0.25) is 4.79 Å². The van der Waals surface area contributed by atoms with Crippen molar-refractivity contribution in [2.45, 2.75) is 42.8 Å². The minimum atomic E-state index is -0.489. The molecule has 2 aliphatic rings. The molecule has 1 amide bonds. The lowest BCUT2D eigenvalue weighted by atomic mass is 10.2. The second-order valence-electron chi connectivity index (χ2n) is 6.58. The first-order valence-corrected chi connectivity index (χ1v) is 9.81. The van der Waals surface area contributed by atoms with Gasteiger partial charge in [0.1, 0.15) is 5.82 Å². The van der Waals surface area contributed by atoms with Crippen LogP contribution in [0.2, 0.25) is 0 Å². The zero-order chi connectivity index (χ0) is 18.0. The fourth-order valence-electron chi connectivity index (χ4n) is 3.31. The van der Waals surface area contributed by atoms with Crippen molar-refractivity contribution in [3.8, 4) is 11.5 Å². The topological polar surface area (TPSA) is 47.6 Å². The molecule has 0 aromatic heterocycles. The molecule has 1 aliphatic heterocycles. The van der Waals surface area contributed by atoms with Crippen LogP contribution in [0, 0.1) is 5.82 Å². The number of carbonyl (C=O) groups is 1. The van der Waals surface area contributed by atoms with Gasteiger partial charge in [-0.2, -0.15) is 0 Å². The summed E-state index contributed by atoms with van der Waals surface area (Å²) < 4.78 is 24.9. The van der Waals surface area contributed by atoms with Crippen molar-refractivity contribution in [3.63, 3.8) is 0 Å². The van der Waals surface area contributed by atoms with E-state index < -0.39 is 5.79 Å². The Labute approximate surface area is 156 Å². The van der Waals surface area contributed by atoms with E-state index in [9.17, 15) is 9.18 Å². The second-order valence-corrected chi connectivity index (χ2v) is 7.75. The first kappa shape index (κ1) is 17.2. The van der Waals surface area contributed by atoms with E-state index in [1.165, 1.54) is 23.9 Å². The Morgan fingerprint density at radius 1 is 1.08 bits per heavy atom. The molecule has 0 saturated heterocycles. The van der Waals surface area contributed by atoms with E-state index >= 15 is 0 Å². The highest BCUT2D eigenvalue weighted by Gasteiger charge is 2.44. The molecule has 2 aromatic rings. The van der Waals surface area contributed by atoms with Crippen LogP contribution in [0.25, 0.3) is 0 Å². The highest BCUT2D eigenvalue weighted by molar-refractivity contribution is 7.99. The SMILES string of the molecule is O=C(CCSc1ccc(F)cc1)Nc1ccc2c(c1)OC1(CCCC1)O2. The maximum atomic E-state index is 12.9. The third-order valence-electron chi connectivity index (χ3n) is 4.60. The lowest BCUT2D eigenvalue weighted by molar-refractivity contribution is -0.115. The lowest BCUT2D eigenvalue weighted by Gasteiger charge is -2.21. The Bertz CT molecular complexity index is 803. The van der Waals surface area contributed by atoms with Crippen molar-refractivity contribution in [2.24, 2.45) is 0 Å². The van der Waals surface area contributed by atoms with E-state index in [2.05, 4.69) is 5.32 Å². The van der Waals surface area contributed by atoms with E-state index in [-0.39, 0.29) is 11.7 Å². The van der Waals surface area contributed by atoms with Gasteiger partial charge in [0.05, 0.1) is 0 Å². The number of benzene rings is 2. The van der Waals surface area contributed by atoms with E-state index in [0.29, 0.717) is 23.6 Å². The Balaban J connectivity index is 1.29. The van der Waals surface area contributed by atoms with Crippen molar-refractivity contribution in [1.29, 1.82) is 0 Å². The molecule has 1 N–H and O–H groups in total. The van der Waals surface area contributed by atoms with Crippen LogP contribution in [0.3, 0.4) is 0 Å². The van der Waals surface area contributed by atoms with Crippen LogP contribution in [0.1, 0.15) is 32.1 Å². The monoisotopic (exact) mass is 373 g/mol. The molecule has 4 nitrogen and oxygen atoms in total. The predicted octanol–water partition coefficient (Wildman–Crippen LogP) is 4.99. The summed E-state index contributed by atoms with van der Waals surface area (Å²) in [7, 11) is 0. The summed E-state index contributed by atoms with van der Waals surface area (Å²) in [4.78, 5) is 13.1. The third kappa shape index (κ3) is 3.80. The molecular formula is C20H20FNO3S. The van der Waals surface area contributed by atoms with Crippen molar-refractivity contribution < 1.29 is 18.7 Å². The molecule has 136 valence electrons. The van der Waals surface area contributed by atoms with Crippen molar-refractivity contribution >= 4 is 23.4 Å². The molecule has 6 heteroatoms. The molecular weight excluding hydrogens is 353 g/mol. The van der Waals surface area contributed by atoms with E-state index in [0.717, 1.165) is 36.3 Å². The van der Waals surface area contributed by atoms with Gasteiger partial charge in [-0.1, -0.05) is 0 Å². The predicted molar refractivity (Wildman–Crippen MR) is 99.3 cm³/mol. The van der Waals surface area contributed by atoms with E-state index in [1.54, 1.807) is 12.1 Å². The molecule has 0 atom stereocenters. The van der Waals surface area contributed by atoms with Crippen LogP contribution in [-0.2, 0) is 4.79 Å². The number of hydrogen-bond donors (Lipinski definition) is 1. The quantitative estimate of drug-likeness (QED) is 0.750. The number of nitrogens with one attached hydrogen (secondary N) is 1. The standard InChI is InChI=1S/C20H20FNO3S/c21-14-3-6-16(7-4-14)26-12-9-19(23)22-15-5-8-17-18(13-15)25-20(24-17)10-1-2-11-20/h3-8,13H,1-2,9-12H2,(H,22,23). The molecule has 0 radical (unpaired) electrons. The highest BCUT2D eigenvalue weighted by atomic mass is 32.2. The average molecular weight is 373 g/mol. The van der Waals surface area contributed by atoms with Gasteiger partial charge in [0.25, 0.3) is 5.79 Å². The highest BCUT2D eigenvalue weighted by Crippen LogP contribution is 2.47. The summed E-state index contributed by atoms with van der Waals surface area (Å²) in [5.74, 6) is 1.27. The minimum Gasteiger partial charge on any atom is -0.448 e. The molecule has 1 spiro atoms. The third-order valence-corrected chi connectivity index (χ3v) is 5.61. The number of halogens is 1. The summed E-state index contributed by atoms with van der Waals surface area (Å²) in [5.41, 5.74) is 0.708. The minimum absolute atomic E-state index is 0.0611. The number of amides is 1. The summed E-state index contributed by atoms with van der Waals surface area (Å²) in [6.45, 7) is 0. The zero-order valence-electron chi connectivity index (χ0n) is 14.3. The van der Waals surface area contributed by atoms with Crippen LogP contribution in [0.4, 0.5) is 10.1 Å². The molecule has 1 fully saturated rings. The fraction of sp³-hybridized carbons (Fsp3) is 0.350. The van der Waals surface area contributed by atoms with Crippen molar-refractivity contribution in [3.05, 3.63) is 48.3 Å². The van der Waals surface area contributed by atoms with Crippen molar-refractivity contribution in [2.75, 3.05) is 11.1 Å². The number of anilines is 1. The smallest absolute Gasteiger partial charge is 0.251 e. The average Bonchev–Trinajstić information content (AvgIpc) is 3.22. The lowest BCUT2D eigenvalue weighted by Crippen LogP contribution is -2.34. The Morgan fingerprint density at radius 3 is 2.58 bits per heavy atom. The van der Waals surface area contributed by atoms with Gasteiger partial charge >= 0.3 is 0 Å². The second kappa shape index (κ2) is 7.19. The maximum absolute atomic E-state index is 12.9. The molecule has 1 saturated carbocycles. The number of rotatable bonds is 5. The summed E-state index contributed by atoms with van der Waals surface area (Å²) in [6.07, 6.45) is 4.42. The van der Waals surface area contributed by atoms with Gasteiger partial charge in [-0.25, -0.2) is 4.39 Å². The maximum Gasteiger partial charge on any atom is 0.251 e. The summed E-state index contributed by atoms with van der Waals surface area (Å²) in [5, 5.41) is 2.90. The van der Waals surface area contributed by atoms with Crippen LogP contribution in [-0.4, -0.2) is 17.4 Å². The van der Waals surface area contributed by atoms with Gasteiger partial charge in [-0.15, -0.1) is 11.8 Å². The Morgan fingerprint density at radius 2 is 1.81 bits per heavy atom. The van der Waals surface area contributed by atoms with Crippen LogP contribution in [0.15, 0.2) is 47.4 Å². The molecule has 0 unspecified atom stereocenters. The fourth-order valence-corrected chi connectivity index (χ4v) is 4.16. The summed E-state index contributed by atoms with van der Waals surface area (Å²) >= 11 is 1.53. The van der Waals surface area contributed by atoms with Crippen molar-refractivity contribution in [1.82, 2.24) is 0 Å². The van der Waals surface area contributed by atoms with Gasteiger partial charge < -0.3 is 14.8 Å². The van der Waals surface area contributed by atoms with Gasteiger partial charge in [0, 0.05) is 41.7 Å². The Kier molecular flexibility index (Phi) is 4.76. The summed E-state index contributed by atoms with van der Waals surface area (Å²) in [6, 6.07) is 11.8. The van der Waals surface area contributed by atoms with Gasteiger partial charge in [-0.05, 0) is 49.2 Å². The molecule has 1 aliphatic carbocycles. The number of ether oxygens (including phenoxy) is 2. The molecule has 1 heterocycles. The number of carbonyl (C=O) groups excluding carboxylic acids is 1. The number of thioether (sulfide) groups is 1. The van der Waals surface area contributed by atoms with E-state index in [1.807, 2.05) is 18.2 Å². The first-order valence-electron chi connectivity index (χ1n) is 8.82. The van der Waals surface area contributed by atoms with Crippen LogP contribution >= 0.6 is 11.8 Å². The van der Waals surface area contributed by atoms with Gasteiger partial charge in [0.2, 0.25) is 5.91 Å². The molecule has 26 heavy (non-hydrogen) atoms. The molecule has 4 rings (SSSR count). The van der Waals surface area contributed by atoms with E-state index in [4.69, 9.17) is 9.47 Å². The molecule has 0 bridgehead atoms. The zero-order valence-corrected chi connectivity index (χ0v) is 15.1. The largest absolute Gasteiger partial charge is 0.448 e. The van der Waals surface area contributed by atoms with Gasteiger partial charge in [0.15, 0.2) is 11.5 Å². The number of hydrogen-bond acceptors (Lipinski definition) is 4. The number of fused-ring (bicyclic) bond motifs is 1. The normalized spacial score (nSPS) is 16.8. The van der Waals surface area contributed by atoms with Crippen LogP contribution in [0.5, 0.6) is 11.5 Å². The van der Waals surface area contributed by atoms with Crippen LogP contribution < -0.4 is 14.8 Å².